The standard InChI is InChI=1S/C16H17N3O5/c1-7-18-19-14(24-7)9-6-8(4-5-10(9)20)17-13(21)11-12(15(22)23)16(11,2)3/h4-6,11-12,20H,1-3H3,(H,17,21)(H,22,23)/t11-,12+/m1/s1. The van der Waals surface area contributed by atoms with Crippen LogP contribution in [0.1, 0.15) is 19.7 Å². The van der Waals surface area contributed by atoms with E-state index in [1.165, 1.54) is 18.2 Å². The fourth-order valence-corrected chi connectivity index (χ4v) is 3.00. The third-order valence-electron chi connectivity index (χ3n) is 4.40. The molecule has 1 amide bonds. The maximum atomic E-state index is 12.4. The number of anilines is 1. The molecule has 0 spiro atoms. The maximum Gasteiger partial charge on any atom is 0.307 e. The van der Waals surface area contributed by atoms with E-state index in [0.717, 1.165) is 0 Å². The summed E-state index contributed by atoms with van der Waals surface area (Å²) < 4.78 is 5.28. The molecule has 0 radical (unpaired) electrons. The Morgan fingerprint density at radius 1 is 1.25 bits per heavy atom. The number of carboxylic acids is 1. The molecule has 8 heteroatoms. The van der Waals surface area contributed by atoms with Crippen molar-refractivity contribution in [3.63, 3.8) is 0 Å². The highest BCUT2D eigenvalue weighted by Gasteiger charge is 2.65. The van der Waals surface area contributed by atoms with Crippen LogP contribution in [0.4, 0.5) is 5.69 Å². The Morgan fingerprint density at radius 2 is 1.96 bits per heavy atom. The van der Waals surface area contributed by atoms with Gasteiger partial charge in [0.15, 0.2) is 0 Å². The third-order valence-corrected chi connectivity index (χ3v) is 4.40. The van der Waals surface area contributed by atoms with Crippen LogP contribution in [-0.4, -0.2) is 32.3 Å². The van der Waals surface area contributed by atoms with E-state index >= 15 is 0 Å². The molecule has 3 N–H and O–H groups in total. The van der Waals surface area contributed by atoms with Crippen molar-refractivity contribution < 1.29 is 24.2 Å². The van der Waals surface area contributed by atoms with Gasteiger partial charge in [-0.3, -0.25) is 9.59 Å². The van der Waals surface area contributed by atoms with Gasteiger partial charge in [-0.1, -0.05) is 13.8 Å². The first kappa shape index (κ1) is 16.0. The zero-order valence-electron chi connectivity index (χ0n) is 13.4. The molecule has 1 aromatic heterocycles. The summed E-state index contributed by atoms with van der Waals surface area (Å²) in [5.41, 5.74) is 0.118. The number of rotatable bonds is 4. The minimum Gasteiger partial charge on any atom is -0.507 e. The Morgan fingerprint density at radius 3 is 2.50 bits per heavy atom. The molecule has 2 atom stereocenters. The maximum absolute atomic E-state index is 12.4. The molecular weight excluding hydrogens is 314 g/mol. The summed E-state index contributed by atoms with van der Waals surface area (Å²) in [7, 11) is 0. The molecule has 24 heavy (non-hydrogen) atoms. The van der Waals surface area contributed by atoms with Crippen molar-refractivity contribution in [3.8, 4) is 17.2 Å². The van der Waals surface area contributed by atoms with Crippen molar-refractivity contribution in [2.45, 2.75) is 20.8 Å². The Bertz CT molecular complexity index is 827. The van der Waals surface area contributed by atoms with Gasteiger partial charge in [-0.25, -0.2) is 0 Å². The molecule has 1 fully saturated rings. The van der Waals surface area contributed by atoms with Gasteiger partial charge in [0.1, 0.15) is 5.75 Å². The van der Waals surface area contributed by atoms with E-state index in [0.29, 0.717) is 17.1 Å². The van der Waals surface area contributed by atoms with Crippen molar-refractivity contribution >= 4 is 17.6 Å². The van der Waals surface area contributed by atoms with E-state index in [2.05, 4.69) is 15.5 Å². The second kappa shape index (κ2) is 5.33. The van der Waals surface area contributed by atoms with E-state index in [1.807, 2.05) is 0 Å². The largest absolute Gasteiger partial charge is 0.507 e. The van der Waals surface area contributed by atoms with Gasteiger partial charge in [0, 0.05) is 12.6 Å². The lowest BCUT2D eigenvalue weighted by Gasteiger charge is -2.08. The number of amides is 1. The van der Waals surface area contributed by atoms with Crippen molar-refractivity contribution in [2.75, 3.05) is 5.32 Å². The molecule has 1 heterocycles. The van der Waals surface area contributed by atoms with Crippen molar-refractivity contribution in [1.82, 2.24) is 10.2 Å². The normalized spacial score (nSPS) is 21.3. The monoisotopic (exact) mass is 331 g/mol. The number of aliphatic carboxylic acids is 1. The second-order valence-electron chi connectivity index (χ2n) is 6.46. The summed E-state index contributed by atoms with van der Waals surface area (Å²) in [6.45, 7) is 5.12. The Labute approximate surface area is 137 Å². The van der Waals surface area contributed by atoms with Crippen LogP contribution in [0.3, 0.4) is 0 Å². The number of phenolic OH excluding ortho intramolecular Hbond substituents is 1. The zero-order valence-corrected chi connectivity index (χ0v) is 13.4. The quantitative estimate of drug-likeness (QED) is 0.732. The number of phenols is 1. The van der Waals surface area contributed by atoms with Gasteiger partial charge >= 0.3 is 5.97 Å². The summed E-state index contributed by atoms with van der Waals surface area (Å²) in [4.78, 5) is 23.5. The lowest BCUT2D eigenvalue weighted by molar-refractivity contribution is -0.140. The van der Waals surface area contributed by atoms with E-state index in [1.54, 1.807) is 20.8 Å². The van der Waals surface area contributed by atoms with Gasteiger partial charge in [-0.15, -0.1) is 10.2 Å². The minimum absolute atomic E-state index is 0.0631. The van der Waals surface area contributed by atoms with Crippen LogP contribution in [0.25, 0.3) is 11.5 Å². The van der Waals surface area contributed by atoms with Crippen LogP contribution in [0.15, 0.2) is 22.6 Å². The minimum atomic E-state index is -0.979. The fraction of sp³-hybridized carbons (Fsp3) is 0.375. The molecule has 1 saturated carbocycles. The second-order valence-corrected chi connectivity index (χ2v) is 6.46. The average molecular weight is 331 g/mol. The van der Waals surface area contributed by atoms with Gasteiger partial charge in [0.2, 0.25) is 11.8 Å². The Balaban J connectivity index is 1.82. The molecule has 0 unspecified atom stereocenters. The first-order chi connectivity index (χ1) is 11.2. The molecule has 3 rings (SSSR count). The highest BCUT2D eigenvalue weighted by Crippen LogP contribution is 2.58. The highest BCUT2D eigenvalue weighted by atomic mass is 16.4. The van der Waals surface area contributed by atoms with Crippen LogP contribution in [0.5, 0.6) is 5.75 Å². The lowest BCUT2D eigenvalue weighted by atomic mass is 10.1. The Hall–Kier alpha value is -2.90. The third kappa shape index (κ3) is 2.60. The number of aromatic nitrogens is 2. The van der Waals surface area contributed by atoms with Crippen LogP contribution in [0, 0.1) is 24.2 Å². The summed E-state index contributed by atoms with van der Waals surface area (Å²) in [5, 5.41) is 29.3. The number of nitrogens with one attached hydrogen (secondary N) is 1. The molecule has 2 aromatic rings. The van der Waals surface area contributed by atoms with E-state index in [9.17, 15) is 14.7 Å². The number of aromatic hydroxyl groups is 1. The number of carboxylic acid groups (broad SMARTS) is 1. The first-order valence-electron chi connectivity index (χ1n) is 7.39. The number of carbonyl (C=O) groups excluding carboxylic acids is 1. The van der Waals surface area contributed by atoms with Crippen LogP contribution < -0.4 is 5.32 Å². The summed E-state index contributed by atoms with van der Waals surface area (Å²) in [6.07, 6.45) is 0. The van der Waals surface area contributed by atoms with E-state index < -0.39 is 23.2 Å². The smallest absolute Gasteiger partial charge is 0.307 e. The lowest BCUT2D eigenvalue weighted by Crippen LogP contribution is -2.17. The zero-order chi connectivity index (χ0) is 17.6. The van der Waals surface area contributed by atoms with Gasteiger partial charge in [-0.05, 0) is 23.6 Å². The first-order valence-corrected chi connectivity index (χ1v) is 7.39. The van der Waals surface area contributed by atoms with E-state index in [-0.39, 0.29) is 17.5 Å². The highest BCUT2D eigenvalue weighted by molar-refractivity contribution is 6.00. The number of hydrogen-bond donors (Lipinski definition) is 3. The van der Waals surface area contributed by atoms with Gasteiger partial charge < -0.3 is 19.9 Å². The molecule has 1 aliphatic carbocycles. The number of hydrogen-bond acceptors (Lipinski definition) is 6. The number of benzene rings is 1. The number of nitrogens with zero attached hydrogens (tertiary/aromatic N) is 2. The fourth-order valence-electron chi connectivity index (χ4n) is 3.00. The SMILES string of the molecule is Cc1nnc(-c2cc(NC(=O)[C@H]3[C@@H](C(=O)O)C3(C)C)ccc2O)o1. The molecule has 0 bridgehead atoms. The van der Waals surface area contributed by atoms with E-state index in [4.69, 9.17) is 9.52 Å². The predicted octanol–water partition coefficient (Wildman–Crippen LogP) is 2.05. The van der Waals surface area contributed by atoms with Crippen LogP contribution in [-0.2, 0) is 9.59 Å². The topological polar surface area (TPSA) is 126 Å². The summed E-state index contributed by atoms with van der Waals surface area (Å²) in [5.74, 6) is -2.23. The Kier molecular flexibility index (Phi) is 3.55. The molecule has 0 saturated heterocycles. The molecule has 8 nitrogen and oxygen atoms in total. The summed E-state index contributed by atoms with van der Waals surface area (Å²) in [6, 6.07) is 4.42. The number of aryl methyl sites for hydroxylation is 1. The summed E-state index contributed by atoms with van der Waals surface area (Å²) >= 11 is 0. The van der Waals surface area contributed by atoms with Crippen molar-refractivity contribution in [2.24, 2.45) is 17.3 Å². The van der Waals surface area contributed by atoms with Crippen molar-refractivity contribution in [3.05, 3.63) is 24.1 Å². The van der Waals surface area contributed by atoms with Gasteiger partial charge in [0.05, 0.1) is 17.4 Å². The van der Waals surface area contributed by atoms with Gasteiger partial charge in [0.25, 0.3) is 5.89 Å². The van der Waals surface area contributed by atoms with Crippen LogP contribution in [0.2, 0.25) is 0 Å². The molecule has 126 valence electrons. The van der Waals surface area contributed by atoms with Crippen LogP contribution >= 0.6 is 0 Å². The number of carbonyl (C=O) groups is 2. The van der Waals surface area contributed by atoms with Crippen molar-refractivity contribution in [1.29, 1.82) is 0 Å². The molecule has 1 aliphatic rings. The average Bonchev–Trinajstić information content (AvgIpc) is 2.84. The molecule has 1 aromatic carbocycles. The molecular formula is C16H17N3O5. The van der Waals surface area contributed by atoms with Gasteiger partial charge in [-0.2, -0.15) is 0 Å². The molecule has 0 aliphatic heterocycles. The predicted molar refractivity (Wildman–Crippen MR) is 83.2 cm³/mol.